The van der Waals surface area contributed by atoms with E-state index in [1.165, 1.54) is 6.07 Å². The number of hydrogen-bond donors (Lipinski definition) is 3. The smallest absolute Gasteiger partial charge is 0.420 e. The van der Waals surface area contributed by atoms with Gasteiger partial charge < -0.3 is 21.1 Å². The molecule has 3 aromatic rings. The van der Waals surface area contributed by atoms with Crippen LogP contribution in [0.5, 0.6) is 5.75 Å². The highest BCUT2D eigenvalue weighted by molar-refractivity contribution is 6.11. The van der Waals surface area contributed by atoms with Gasteiger partial charge >= 0.3 is 12.1 Å². The average molecular weight is 539 g/mol. The minimum Gasteiger partial charge on any atom is -0.420 e. The summed E-state index contributed by atoms with van der Waals surface area (Å²) in [4.78, 5) is 41.9. The third-order valence-corrected chi connectivity index (χ3v) is 5.98. The highest BCUT2D eigenvalue weighted by Gasteiger charge is 2.41. The number of ether oxygens (including phenoxy) is 1. The second-order valence-corrected chi connectivity index (χ2v) is 9.87. The summed E-state index contributed by atoms with van der Waals surface area (Å²) in [5.74, 6) is -3.73. The average Bonchev–Trinajstić information content (AvgIpc) is 3.24. The maximum absolute atomic E-state index is 13.3. The summed E-state index contributed by atoms with van der Waals surface area (Å²) in [6.07, 6.45) is -5.22. The van der Waals surface area contributed by atoms with E-state index in [2.05, 4.69) is 20.4 Å². The van der Waals surface area contributed by atoms with Crippen LogP contribution in [0.15, 0.2) is 65.7 Å². The minimum atomic E-state index is -5.22. The van der Waals surface area contributed by atoms with Crippen molar-refractivity contribution >= 4 is 35.0 Å². The van der Waals surface area contributed by atoms with Gasteiger partial charge in [-0.05, 0) is 46.9 Å². The Morgan fingerprint density at radius 2 is 1.59 bits per heavy atom. The Labute approximate surface area is 222 Å². The molecule has 0 saturated carbocycles. The number of aliphatic imine (C=N–C) groups is 1. The normalized spacial score (nSPS) is 12.8. The first-order valence-corrected chi connectivity index (χ1v) is 11.8. The van der Waals surface area contributed by atoms with Crippen molar-refractivity contribution in [1.82, 2.24) is 0 Å². The molecule has 0 aromatic heterocycles. The van der Waals surface area contributed by atoms with Gasteiger partial charge in [-0.3, -0.25) is 14.6 Å². The lowest BCUT2D eigenvalue weighted by atomic mass is 9.83. The van der Waals surface area contributed by atoms with Crippen LogP contribution in [0.2, 0.25) is 0 Å². The zero-order valence-electron chi connectivity index (χ0n) is 21.3. The highest BCUT2D eigenvalue weighted by Crippen LogP contribution is 2.32. The second-order valence-electron chi connectivity index (χ2n) is 9.87. The summed E-state index contributed by atoms with van der Waals surface area (Å²) in [7, 11) is 0. The Kier molecular flexibility index (Phi) is 7.18. The minimum absolute atomic E-state index is 0.0653. The Bertz CT molecular complexity index is 1510. The lowest BCUT2D eigenvalue weighted by Crippen LogP contribution is -2.28. The van der Waals surface area contributed by atoms with Gasteiger partial charge in [0.15, 0.2) is 0 Å². The molecule has 0 unspecified atom stereocenters. The molecule has 4 rings (SSSR count). The number of benzene rings is 3. The number of anilines is 2. The molecule has 0 bridgehead atoms. The van der Waals surface area contributed by atoms with Crippen molar-refractivity contribution in [2.24, 2.45) is 10.7 Å². The lowest BCUT2D eigenvalue weighted by Gasteiger charge is -2.23. The number of fused-ring (bicyclic) bond motifs is 1. The predicted molar refractivity (Wildman–Crippen MR) is 140 cm³/mol. The molecule has 1 aliphatic rings. The number of nitrogens with zero attached hydrogens (tertiary/aromatic N) is 1. The fourth-order valence-electron chi connectivity index (χ4n) is 4.03. The highest BCUT2D eigenvalue weighted by atomic mass is 19.4. The van der Waals surface area contributed by atoms with Gasteiger partial charge in [-0.1, -0.05) is 45.0 Å². The Hall–Kier alpha value is -4.67. The Morgan fingerprint density at radius 3 is 2.28 bits per heavy atom. The molecule has 8 nitrogen and oxygen atoms in total. The number of rotatable bonds is 5. The monoisotopic (exact) mass is 538 g/mol. The van der Waals surface area contributed by atoms with Crippen molar-refractivity contribution in [3.05, 3.63) is 88.5 Å². The topological polar surface area (TPSA) is 123 Å². The summed E-state index contributed by atoms with van der Waals surface area (Å²) < 4.78 is 42.7. The molecule has 1 aliphatic heterocycles. The molecule has 0 saturated heterocycles. The number of nitrogens with two attached hydrogens (primary N) is 1. The molecule has 3 aromatic carbocycles. The fraction of sp³-hybridized carbons (Fsp3) is 0.214. The molecule has 2 amide bonds. The Morgan fingerprint density at radius 1 is 0.897 bits per heavy atom. The van der Waals surface area contributed by atoms with Crippen LogP contribution in [0.1, 0.15) is 58.2 Å². The van der Waals surface area contributed by atoms with E-state index in [0.717, 1.165) is 23.3 Å². The summed E-state index contributed by atoms with van der Waals surface area (Å²) in [5, 5.41) is 5.28. The first-order valence-electron chi connectivity index (χ1n) is 11.8. The molecule has 0 aliphatic carbocycles. The third kappa shape index (κ3) is 6.08. The number of carbonyl (C=O) groups excluding carboxylic acids is 3. The van der Waals surface area contributed by atoms with Gasteiger partial charge in [-0.25, -0.2) is 4.79 Å². The summed E-state index contributed by atoms with van der Waals surface area (Å²) in [6.45, 7) is 6.19. The number of alkyl halides is 3. The molecular formula is C28H25F3N4O4. The van der Waals surface area contributed by atoms with Crippen molar-refractivity contribution in [2.45, 2.75) is 38.9 Å². The van der Waals surface area contributed by atoms with Crippen molar-refractivity contribution in [2.75, 3.05) is 10.6 Å². The van der Waals surface area contributed by atoms with E-state index in [0.29, 0.717) is 23.5 Å². The van der Waals surface area contributed by atoms with Gasteiger partial charge in [0, 0.05) is 22.8 Å². The molecule has 0 atom stereocenters. The van der Waals surface area contributed by atoms with E-state index >= 15 is 0 Å². The van der Waals surface area contributed by atoms with Crippen LogP contribution in [0.3, 0.4) is 0 Å². The number of amides is 2. The number of esters is 1. The maximum atomic E-state index is 13.3. The molecule has 1 heterocycles. The molecule has 4 N–H and O–H groups in total. The summed E-state index contributed by atoms with van der Waals surface area (Å²) in [6, 6.07) is 15.1. The maximum Gasteiger partial charge on any atom is 0.491 e. The molecule has 202 valence electrons. The van der Waals surface area contributed by atoms with Crippen molar-refractivity contribution in [1.29, 1.82) is 0 Å². The van der Waals surface area contributed by atoms with Crippen molar-refractivity contribution in [3.63, 3.8) is 0 Å². The van der Waals surface area contributed by atoms with Crippen LogP contribution in [0.4, 0.5) is 24.5 Å². The van der Waals surface area contributed by atoms with Gasteiger partial charge in [-0.15, -0.1) is 0 Å². The zero-order valence-corrected chi connectivity index (χ0v) is 21.3. The number of halogens is 3. The summed E-state index contributed by atoms with van der Waals surface area (Å²) >= 11 is 0. The van der Waals surface area contributed by atoms with Crippen LogP contribution in [-0.2, 0) is 16.8 Å². The standard InChI is InChI=1S/C28H25F3N4O4/c1-27(2,3)20-7-5-4-6-18(20)25(37)35-22-13-17(39-26(38)28(29,30)31)10-11-21(22)34-24(36)15-8-9-16-14-33-23(32)19(16)12-15/h4-13H,14H2,1-3H3,(H2,32,33)(H,34,36)(H,35,37). The first-order chi connectivity index (χ1) is 18.2. The van der Waals surface area contributed by atoms with E-state index in [-0.39, 0.29) is 16.9 Å². The van der Waals surface area contributed by atoms with Crippen LogP contribution in [0.25, 0.3) is 0 Å². The fourth-order valence-corrected chi connectivity index (χ4v) is 4.03. The van der Waals surface area contributed by atoms with E-state index in [1.807, 2.05) is 20.8 Å². The molecule has 0 radical (unpaired) electrons. The van der Waals surface area contributed by atoms with Gasteiger partial charge in [-0.2, -0.15) is 13.2 Å². The van der Waals surface area contributed by atoms with Crippen LogP contribution in [0, 0.1) is 0 Å². The van der Waals surface area contributed by atoms with Crippen LogP contribution >= 0.6 is 0 Å². The van der Waals surface area contributed by atoms with Crippen molar-refractivity contribution < 1.29 is 32.3 Å². The van der Waals surface area contributed by atoms with Crippen LogP contribution < -0.4 is 21.1 Å². The van der Waals surface area contributed by atoms with Gasteiger partial charge in [0.2, 0.25) is 0 Å². The van der Waals surface area contributed by atoms with E-state index in [1.54, 1.807) is 42.5 Å². The van der Waals surface area contributed by atoms with E-state index in [9.17, 15) is 27.6 Å². The quantitative estimate of drug-likeness (QED) is 0.305. The molecule has 0 spiro atoms. The number of hydrogen-bond acceptors (Lipinski definition) is 6. The summed E-state index contributed by atoms with van der Waals surface area (Å²) in [5.41, 5.74) is 8.27. The van der Waals surface area contributed by atoms with Crippen molar-refractivity contribution in [3.8, 4) is 5.75 Å². The largest absolute Gasteiger partial charge is 0.491 e. The SMILES string of the molecule is CC(C)(C)c1ccccc1C(=O)Nc1cc(OC(=O)C(F)(F)F)ccc1NC(=O)c1ccc2c(c1)C(N)=NC2. The molecule has 11 heteroatoms. The number of amidine groups is 1. The lowest BCUT2D eigenvalue weighted by molar-refractivity contribution is -0.189. The second kappa shape index (κ2) is 10.2. The third-order valence-electron chi connectivity index (χ3n) is 5.98. The molecule has 0 fully saturated rings. The van der Waals surface area contributed by atoms with E-state index < -0.39 is 35.1 Å². The number of nitrogens with one attached hydrogen (secondary N) is 2. The molecule has 39 heavy (non-hydrogen) atoms. The van der Waals surface area contributed by atoms with Gasteiger partial charge in [0.1, 0.15) is 11.6 Å². The molecular weight excluding hydrogens is 513 g/mol. The zero-order chi connectivity index (χ0) is 28.5. The first kappa shape index (κ1) is 27.4. The van der Waals surface area contributed by atoms with Gasteiger partial charge in [0.05, 0.1) is 17.9 Å². The number of carbonyl (C=O) groups is 3. The van der Waals surface area contributed by atoms with Crippen LogP contribution in [-0.4, -0.2) is 29.8 Å². The van der Waals surface area contributed by atoms with E-state index in [4.69, 9.17) is 5.73 Å². The predicted octanol–water partition coefficient (Wildman–Crippen LogP) is 5.18. The van der Waals surface area contributed by atoms with Gasteiger partial charge in [0.25, 0.3) is 11.8 Å². The Balaban J connectivity index is 1.68.